The molecule has 3 amide bonds. The lowest BCUT2D eigenvalue weighted by Gasteiger charge is -2.36. The number of ether oxygens (including phenoxy) is 2. The van der Waals surface area contributed by atoms with Crippen LogP contribution >= 0.6 is 0 Å². The summed E-state index contributed by atoms with van der Waals surface area (Å²) in [4.78, 5) is 63.4. The monoisotopic (exact) mass is 569 g/mol. The molecule has 1 saturated heterocycles. The number of aliphatic hydroxyl groups is 1. The highest BCUT2D eigenvalue weighted by atomic mass is 16.6. The van der Waals surface area contributed by atoms with Gasteiger partial charge in [-0.25, -0.2) is 14.8 Å². The molecule has 0 bridgehead atoms. The molecule has 2 N–H and O–H groups in total. The zero-order chi connectivity index (χ0) is 30.2. The predicted octanol–water partition coefficient (Wildman–Crippen LogP) is 2.72. The Hall–Kier alpha value is -4.06. The van der Waals surface area contributed by atoms with E-state index in [1.54, 1.807) is 56.9 Å². The molecule has 0 radical (unpaired) electrons. The van der Waals surface area contributed by atoms with Gasteiger partial charge < -0.3 is 29.7 Å². The molecular weight excluding hydrogens is 530 g/mol. The molecular formula is C29H39N5O7. The van der Waals surface area contributed by atoms with Crippen LogP contribution in [0.25, 0.3) is 11.4 Å². The van der Waals surface area contributed by atoms with Crippen molar-refractivity contribution in [1.29, 1.82) is 0 Å². The van der Waals surface area contributed by atoms with Crippen LogP contribution in [0.3, 0.4) is 0 Å². The average molecular weight is 570 g/mol. The summed E-state index contributed by atoms with van der Waals surface area (Å²) in [5.41, 5.74) is 0.170. The molecule has 0 saturated carbocycles. The van der Waals surface area contributed by atoms with Crippen LogP contribution in [0.15, 0.2) is 36.4 Å². The number of esters is 1. The normalized spacial score (nSPS) is 15.1. The van der Waals surface area contributed by atoms with Gasteiger partial charge in [0.15, 0.2) is 5.82 Å². The maximum absolute atomic E-state index is 13.6. The molecule has 2 atom stereocenters. The Morgan fingerprint density at radius 2 is 1.66 bits per heavy atom. The van der Waals surface area contributed by atoms with Gasteiger partial charge in [-0.05, 0) is 47.1 Å². The number of benzene rings is 1. The number of carbonyl (C=O) groups is 4. The maximum Gasteiger partial charge on any atom is 0.409 e. The molecule has 2 heterocycles. The molecule has 12 nitrogen and oxygen atoms in total. The Bertz CT molecular complexity index is 1220. The third kappa shape index (κ3) is 9.24. The van der Waals surface area contributed by atoms with E-state index in [0.29, 0.717) is 5.56 Å². The molecule has 3 rings (SSSR count). The molecule has 1 aromatic carbocycles. The Morgan fingerprint density at radius 3 is 2.24 bits per heavy atom. The third-order valence-corrected chi connectivity index (χ3v) is 6.22. The lowest BCUT2D eigenvalue weighted by atomic mass is 10.1. The van der Waals surface area contributed by atoms with Gasteiger partial charge in [-0.3, -0.25) is 14.4 Å². The van der Waals surface area contributed by atoms with Crippen molar-refractivity contribution in [1.82, 2.24) is 25.1 Å². The van der Waals surface area contributed by atoms with Gasteiger partial charge >= 0.3 is 12.1 Å². The summed E-state index contributed by atoms with van der Waals surface area (Å²) >= 11 is 0. The Morgan fingerprint density at radius 1 is 1.02 bits per heavy atom. The molecule has 1 aliphatic rings. The summed E-state index contributed by atoms with van der Waals surface area (Å²) in [7, 11) is 0. The molecule has 0 aliphatic carbocycles. The van der Waals surface area contributed by atoms with E-state index in [2.05, 4.69) is 15.3 Å². The van der Waals surface area contributed by atoms with Crippen LogP contribution in [0.1, 0.15) is 69.7 Å². The van der Waals surface area contributed by atoms with E-state index in [4.69, 9.17) is 9.47 Å². The minimum Gasteiger partial charge on any atom is -0.460 e. The fourth-order valence-corrected chi connectivity index (χ4v) is 4.20. The number of aliphatic hydroxyl groups excluding tert-OH is 1. The van der Waals surface area contributed by atoms with E-state index in [1.807, 2.05) is 6.07 Å². The maximum atomic E-state index is 13.6. The predicted molar refractivity (Wildman–Crippen MR) is 150 cm³/mol. The van der Waals surface area contributed by atoms with Crippen LogP contribution in [-0.4, -0.2) is 93.2 Å². The lowest BCUT2D eigenvalue weighted by molar-refractivity contribution is -0.155. The summed E-state index contributed by atoms with van der Waals surface area (Å²) in [6.45, 7) is 9.79. The van der Waals surface area contributed by atoms with E-state index >= 15 is 0 Å². The van der Waals surface area contributed by atoms with Gasteiger partial charge in [-0.2, -0.15) is 0 Å². The van der Waals surface area contributed by atoms with Crippen LogP contribution in [0.5, 0.6) is 0 Å². The van der Waals surface area contributed by atoms with Crippen LogP contribution in [0.4, 0.5) is 4.79 Å². The van der Waals surface area contributed by atoms with Gasteiger partial charge in [-0.15, -0.1) is 0 Å². The van der Waals surface area contributed by atoms with Crippen LogP contribution in [-0.2, 0) is 19.1 Å². The average Bonchev–Trinajstić information content (AvgIpc) is 2.94. The second-order valence-electron chi connectivity index (χ2n) is 10.7. The first-order chi connectivity index (χ1) is 19.4. The minimum atomic E-state index is -1.06. The number of hydrogen-bond acceptors (Lipinski definition) is 9. The first-order valence-corrected chi connectivity index (χ1v) is 13.7. The third-order valence-electron chi connectivity index (χ3n) is 6.22. The summed E-state index contributed by atoms with van der Waals surface area (Å²) in [5.74, 6) is -1.29. The summed E-state index contributed by atoms with van der Waals surface area (Å²) in [5, 5.41) is 12.9. The molecule has 1 fully saturated rings. The number of aromatic nitrogens is 2. The zero-order valence-electron chi connectivity index (χ0n) is 24.3. The smallest absolute Gasteiger partial charge is 0.409 e. The molecule has 1 aromatic heterocycles. The topological polar surface area (TPSA) is 151 Å². The highest BCUT2D eigenvalue weighted by Gasteiger charge is 2.32. The number of piperazine rings is 1. The van der Waals surface area contributed by atoms with Gasteiger partial charge in [0.2, 0.25) is 5.91 Å². The molecule has 0 spiro atoms. The van der Waals surface area contributed by atoms with Crippen LogP contribution < -0.4 is 5.32 Å². The highest BCUT2D eigenvalue weighted by Crippen LogP contribution is 2.20. The number of nitrogens with zero attached hydrogens (tertiary/aromatic N) is 4. The second kappa shape index (κ2) is 14.0. The van der Waals surface area contributed by atoms with Crippen molar-refractivity contribution in [2.45, 2.75) is 65.2 Å². The minimum absolute atomic E-state index is 0.00252. The number of carbonyl (C=O) groups excluding carboxylic acids is 4. The van der Waals surface area contributed by atoms with Gasteiger partial charge in [0, 0.05) is 38.2 Å². The van der Waals surface area contributed by atoms with Crippen molar-refractivity contribution < 1.29 is 33.8 Å². The first-order valence-electron chi connectivity index (χ1n) is 13.7. The van der Waals surface area contributed by atoms with E-state index in [9.17, 15) is 24.3 Å². The first kappa shape index (κ1) is 31.5. The summed E-state index contributed by atoms with van der Waals surface area (Å²) in [6, 6.07) is 9.33. The van der Waals surface area contributed by atoms with E-state index in [1.165, 1.54) is 17.9 Å². The summed E-state index contributed by atoms with van der Waals surface area (Å²) < 4.78 is 10.4. The van der Waals surface area contributed by atoms with Gasteiger partial charge in [0.1, 0.15) is 17.3 Å². The lowest BCUT2D eigenvalue weighted by Crippen LogP contribution is -2.56. The molecule has 1 unspecified atom stereocenters. The number of amides is 3. The molecule has 41 heavy (non-hydrogen) atoms. The van der Waals surface area contributed by atoms with Crippen molar-refractivity contribution in [3.05, 3.63) is 47.8 Å². The number of rotatable bonds is 9. The second-order valence-corrected chi connectivity index (χ2v) is 10.7. The largest absolute Gasteiger partial charge is 0.460 e. The summed E-state index contributed by atoms with van der Waals surface area (Å²) in [6.07, 6.45) is -1.51. The Kier molecular flexibility index (Phi) is 10.8. The molecule has 1 aliphatic heterocycles. The SMILES string of the molecule is CCOC(=O)N1CCN(C(=O)C(CCC(=O)OC(C)(C)C)NC(=O)c2cc([C@H](C)O)nc(-c3ccccc3)n2)CC1. The standard InChI is InChI=1S/C29H39N5O7/c1-6-40-28(39)34-16-14-33(15-17-34)27(38)21(12-13-24(36)41-29(3,4)5)32-26(37)23-18-22(19(2)35)30-25(31-23)20-10-8-7-9-11-20/h7-11,18-19,21,35H,6,12-17H2,1-5H3,(H,32,37)/t19-,21?/m0/s1. The Labute approximate surface area is 240 Å². The van der Waals surface area contributed by atoms with Crippen LogP contribution in [0, 0.1) is 0 Å². The van der Waals surface area contributed by atoms with Crippen LogP contribution in [0.2, 0.25) is 0 Å². The molecule has 222 valence electrons. The van der Waals surface area contributed by atoms with Gasteiger partial charge in [0.25, 0.3) is 5.91 Å². The van der Waals surface area contributed by atoms with E-state index < -0.39 is 41.6 Å². The van der Waals surface area contributed by atoms with Crippen molar-refractivity contribution in [3.8, 4) is 11.4 Å². The molecule has 12 heteroatoms. The van der Waals surface area contributed by atoms with E-state index in [-0.39, 0.29) is 62.8 Å². The zero-order valence-corrected chi connectivity index (χ0v) is 24.3. The van der Waals surface area contributed by atoms with Crippen molar-refractivity contribution >= 4 is 23.9 Å². The fourth-order valence-electron chi connectivity index (χ4n) is 4.20. The number of nitrogens with one attached hydrogen (secondary N) is 1. The van der Waals surface area contributed by atoms with E-state index in [0.717, 1.165) is 0 Å². The quantitative estimate of drug-likeness (QED) is 0.434. The molecule has 2 aromatic rings. The van der Waals surface area contributed by atoms with Crippen molar-refractivity contribution in [2.24, 2.45) is 0 Å². The van der Waals surface area contributed by atoms with Crippen molar-refractivity contribution in [2.75, 3.05) is 32.8 Å². The highest BCUT2D eigenvalue weighted by molar-refractivity contribution is 5.96. The van der Waals surface area contributed by atoms with Gasteiger partial charge in [-0.1, -0.05) is 30.3 Å². The van der Waals surface area contributed by atoms with Gasteiger partial charge in [0.05, 0.1) is 18.4 Å². The fraction of sp³-hybridized carbons (Fsp3) is 0.517. The van der Waals surface area contributed by atoms with Crippen molar-refractivity contribution in [3.63, 3.8) is 0 Å². The number of hydrogen-bond donors (Lipinski definition) is 2. The Balaban J connectivity index is 1.82.